The molecule has 0 unspecified atom stereocenters. The average Bonchev–Trinajstić information content (AvgIpc) is 2.74. The van der Waals surface area contributed by atoms with Crippen molar-refractivity contribution < 1.29 is 18.7 Å². The molecule has 2 amide bonds. The molecule has 0 spiro atoms. The van der Waals surface area contributed by atoms with Crippen LogP contribution in [0, 0.1) is 12.7 Å². The van der Waals surface area contributed by atoms with Crippen LogP contribution in [0.3, 0.4) is 0 Å². The molecule has 0 aromatic heterocycles. The number of aryl methyl sites for hydroxylation is 1. The van der Waals surface area contributed by atoms with E-state index >= 15 is 0 Å². The Labute approximate surface area is 181 Å². The number of halogens is 1. The smallest absolute Gasteiger partial charge is 0.258 e. The van der Waals surface area contributed by atoms with Crippen LogP contribution in [0.15, 0.2) is 66.7 Å². The van der Waals surface area contributed by atoms with E-state index in [1.807, 2.05) is 38.1 Å². The van der Waals surface area contributed by atoms with Crippen molar-refractivity contribution >= 4 is 17.5 Å². The van der Waals surface area contributed by atoms with Crippen molar-refractivity contribution in [2.24, 2.45) is 0 Å². The number of hydrogen-bond acceptors (Lipinski definition) is 3. The first-order valence-corrected chi connectivity index (χ1v) is 10.0. The van der Waals surface area contributed by atoms with E-state index in [1.54, 1.807) is 31.2 Å². The number of amides is 2. The van der Waals surface area contributed by atoms with E-state index in [-0.39, 0.29) is 17.6 Å². The number of rotatable bonds is 7. The van der Waals surface area contributed by atoms with E-state index in [0.717, 1.165) is 16.9 Å². The summed E-state index contributed by atoms with van der Waals surface area (Å²) in [7, 11) is 0. The Hall–Kier alpha value is -3.67. The summed E-state index contributed by atoms with van der Waals surface area (Å²) in [6.45, 7) is 5.99. The highest BCUT2D eigenvalue weighted by atomic mass is 19.1. The average molecular weight is 420 g/mol. The summed E-state index contributed by atoms with van der Waals surface area (Å²) in [5.74, 6) is -0.743. The van der Waals surface area contributed by atoms with Crippen LogP contribution in [-0.2, 0) is 6.54 Å². The van der Waals surface area contributed by atoms with Crippen molar-refractivity contribution in [1.82, 2.24) is 5.32 Å². The molecule has 0 fully saturated rings. The maximum Gasteiger partial charge on any atom is 0.258 e. The Morgan fingerprint density at radius 2 is 1.68 bits per heavy atom. The van der Waals surface area contributed by atoms with Crippen LogP contribution in [0.5, 0.6) is 5.75 Å². The van der Waals surface area contributed by atoms with Crippen LogP contribution in [0.2, 0.25) is 0 Å². The van der Waals surface area contributed by atoms with E-state index in [4.69, 9.17) is 4.74 Å². The third-order valence-corrected chi connectivity index (χ3v) is 4.64. The molecule has 0 aliphatic heterocycles. The van der Waals surface area contributed by atoms with Gasteiger partial charge in [0, 0.05) is 23.4 Å². The van der Waals surface area contributed by atoms with Crippen LogP contribution in [-0.4, -0.2) is 17.9 Å². The molecule has 2 N–H and O–H groups in total. The van der Waals surface area contributed by atoms with Gasteiger partial charge in [0.15, 0.2) is 0 Å². The highest BCUT2D eigenvalue weighted by molar-refractivity contribution is 6.05. The lowest BCUT2D eigenvalue weighted by Gasteiger charge is -2.15. The first-order chi connectivity index (χ1) is 14.8. The summed E-state index contributed by atoms with van der Waals surface area (Å²) in [5, 5.41) is 5.57. The van der Waals surface area contributed by atoms with Crippen LogP contribution >= 0.6 is 0 Å². The van der Waals surface area contributed by atoms with Crippen LogP contribution in [0.25, 0.3) is 0 Å². The monoisotopic (exact) mass is 420 g/mol. The van der Waals surface area contributed by atoms with Crippen molar-refractivity contribution in [1.29, 1.82) is 0 Å². The molecule has 3 aromatic carbocycles. The maximum atomic E-state index is 13.9. The molecule has 0 radical (unpaired) electrons. The van der Waals surface area contributed by atoms with Crippen LogP contribution in [0.1, 0.15) is 45.7 Å². The molecule has 31 heavy (non-hydrogen) atoms. The van der Waals surface area contributed by atoms with Gasteiger partial charge in [-0.2, -0.15) is 0 Å². The fraction of sp³-hybridized carbons (Fsp3) is 0.200. The topological polar surface area (TPSA) is 67.4 Å². The molecule has 0 saturated carbocycles. The molecule has 0 saturated heterocycles. The Morgan fingerprint density at radius 1 is 0.968 bits per heavy atom. The van der Waals surface area contributed by atoms with Crippen molar-refractivity contribution in [3.05, 3.63) is 94.8 Å². The van der Waals surface area contributed by atoms with Gasteiger partial charge >= 0.3 is 0 Å². The van der Waals surface area contributed by atoms with E-state index in [9.17, 15) is 14.0 Å². The molecule has 160 valence electrons. The number of nitrogens with one attached hydrogen (secondary N) is 2. The lowest BCUT2D eigenvalue weighted by Crippen LogP contribution is -2.24. The molecule has 0 aliphatic rings. The Kier molecular flexibility index (Phi) is 7.03. The van der Waals surface area contributed by atoms with E-state index in [1.165, 1.54) is 18.2 Å². The maximum absolute atomic E-state index is 13.9. The Morgan fingerprint density at radius 3 is 2.42 bits per heavy atom. The third-order valence-electron chi connectivity index (χ3n) is 4.64. The first kappa shape index (κ1) is 22.0. The molecule has 6 heteroatoms. The zero-order valence-electron chi connectivity index (χ0n) is 17.7. The van der Waals surface area contributed by atoms with Gasteiger partial charge in [0.1, 0.15) is 11.6 Å². The normalized spacial score (nSPS) is 10.6. The molecule has 3 rings (SSSR count). The summed E-state index contributed by atoms with van der Waals surface area (Å²) < 4.78 is 19.7. The summed E-state index contributed by atoms with van der Waals surface area (Å²) in [6, 6.07) is 18.3. The van der Waals surface area contributed by atoms with E-state index in [0.29, 0.717) is 17.8 Å². The van der Waals surface area contributed by atoms with Gasteiger partial charge in [0.25, 0.3) is 11.8 Å². The Balaban J connectivity index is 1.72. The Bertz CT molecular complexity index is 1100. The molecule has 0 atom stereocenters. The van der Waals surface area contributed by atoms with Gasteiger partial charge in [0.2, 0.25) is 0 Å². The molecule has 3 aromatic rings. The van der Waals surface area contributed by atoms with Gasteiger partial charge in [-0.25, -0.2) is 4.39 Å². The lowest BCUT2D eigenvalue weighted by molar-refractivity contribution is 0.0949. The second-order valence-electron chi connectivity index (χ2n) is 7.42. The minimum absolute atomic E-state index is 0.0228. The van der Waals surface area contributed by atoms with Gasteiger partial charge in [-0.15, -0.1) is 0 Å². The number of ether oxygens (including phenoxy) is 1. The fourth-order valence-electron chi connectivity index (χ4n) is 3.03. The number of carbonyl (C=O) groups excluding carboxylic acids is 2. The van der Waals surface area contributed by atoms with Crippen molar-refractivity contribution in [2.45, 2.75) is 33.4 Å². The van der Waals surface area contributed by atoms with Gasteiger partial charge < -0.3 is 15.4 Å². The summed E-state index contributed by atoms with van der Waals surface area (Å²) in [4.78, 5) is 25.1. The minimum atomic E-state index is -0.603. The zero-order chi connectivity index (χ0) is 22.4. The zero-order valence-corrected chi connectivity index (χ0v) is 17.7. The SMILES string of the molecule is Cc1ccc(C(=O)NCc2ccccc2OC(C)C)cc1NC(=O)c1ccccc1F. The van der Waals surface area contributed by atoms with Gasteiger partial charge in [0.05, 0.1) is 11.7 Å². The second-order valence-corrected chi connectivity index (χ2v) is 7.42. The lowest BCUT2D eigenvalue weighted by atomic mass is 10.1. The number of para-hydroxylation sites is 1. The van der Waals surface area contributed by atoms with Crippen molar-refractivity contribution in [3.8, 4) is 5.75 Å². The molecule has 0 heterocycles. The molecular weight excluding hydrogens is 395 g/mol. The summed E-state index contributed by atoms with van der Waals surface area (Å²) in [5.41, 5.74) is 2.40. The number of hydrogen-bond donors (Lipinski definition) is 2. The molecule has 0 bridgehead atoms. The summed E-state index contributed by atoms with van der Waals surface area (Å²) >= 11 is 0. The van der Waals surface area contributed by atoms with E-state index < -0.39 is 11.7 Å². The predicted octanol–water partition coefficient (Wildman–Crippen LogP) is 5.10. The number of carbonyl (C=O) groups is 2. The predicted molar refractivity (Wildman–Crippen MR) is 119 cm³/mol. The van der Waals surface area contributed by atoms with Crippen LogP contribution < -0.4 is 15.4 Å². The fourth-order valence-corrected chi connectivity index (χ4v) is 3.03. The highest BCUT2D eigenvalue weighted by Gasteiger charge is 2.14. The molecular formula is C25H25FN2O3. The van der Waals surface area contributed by atoms with Gasteiger partial charge in [-0.3, -0.25) is 9.59 Å². The summed E-state index contributed by atoms with van der Waals surface area (Å²) in [6.07, 6.45) is 0.0228. The first-order valence-electron chi connectivity index (χ1n) is 10.0. The quantitative estimate of drug-likeness (QED) is 0.559. The minimum Gasteiger partial charge on any atom is -0.491 e. The molecule has 5 nitrogen and oxygen atoms in total. The standard InChI is InChI=1S/C25H25FN2O3/c1-16(2)31-23-11-7-4-8-19(23)15-27-24(29)18-13-12-17(3)22(14-18)28-25(30)20-9-5-6-10-21(20)26/h4-14,16H,15H2,1-3H3,(H,27,29)(H,28,30). The number of benzene rings is 3. The third kappa shape index (κ3) is 5.69. The van der Waals surface area contributed by atoms with Crippen molar-refractivity contribution in [3.63, 3.8) is 0 Å². The van der Waals surface area contributed by atoms with Crippen LogP contribution in [0.4, 0.5) is 10.1 Å². The van der Waals surface area contributed by atoms with Crippen molar-refractivity contribution in [2.75, 3.05) is 5.32 Å². The second kappa shape index (κ2) is 9.89. The number of anilines is 1. The van der Waals surface area contributed by atoms with Gasteiger partial charge in [-0.05, 0) is 56.7 Å². The highest BCUT2D eigenvalue weighted by Crippen LogP contribution is 2.21. The van der Waals surface area contributed by atoms with E-state index in [2.05, 4.69) is 10.6 Å². The largest absolute Gasteiger partial charge is 0.491 e. The molecule has 0 aliphatic carbocycles. The van der Waals surface area contributed by atoms with Gasteiger partial charge in [-0.1, -0.05) is 36.4 Å².